The van der Waals surface area contributed by atoms with E-state index in [4.69, 9.17) is 0 Å². The van der Waals surface area contributed by atoms with Gasteiger partial charge in [-0.25, -0.2) is 0 Å². The Bertz CT molecular complexity index is 874. The largest absolute Gasteiger partial charge is 0.550 e. The number of carboxylic acid groups (broad SMARTS) is 1. The third-order valence-electron chi connectivity index (χ3n) is 13.4. The van der Waals surface area contributed by atoms with E-state index < -0.39 is 11.4 Å². The molecular formula is C30H47O3-. The summed E-state index contributed by atoms with van der Waals surface area (Å²) in [5.74, 6) is 1.42. The number of aliphatic hydroxyl groups is 1. The maximum absolute atomic E-state index is 12.7. The molecule has 186 valence electrons. The Kier molecular flexibility index (Phi) is 5.15. The summed E-state index contributed by atoms with van der Waals surface area (Å²) >= 11 is 0. The van der Waals surface area contributed by atoms with Crippen molar-refractivity contribution in [3.8, 4) is 0 Å². The molecule has 0 aromatic carbocycles. The highest BCUT2D eigenvalue weighted by Crippen LogP contribution is 2.75. The lowest BCUT2D eigenvalue weighted by Gasteiger charge is -2.71. The van der Waals surface area contributed by atoms with Gasteiger partial charge in [0.25, 0.3) is 0 Å². The second-order valence-electron chi connectivity index (χ2n) is 14.5. The zero-order valence-corrected chi connectivity index (χ0v) is 22.2. The number of aliphatic carboxylic acids is 1. The van der Waals surface area contributed by atoms with Crippen LogP contribution in [0.4, 0.5) is 0 Å². The molecule has 5 aliphatic rings. The van der Waals surface area contributed by atoms with E-state index in [0.29, 0.717) is 23.7 Å². The van der Waals surface area contributed by atoms with Crippen molar-refractivity contribution in [2.75, 3.05) is 0 Å². The van der Waals surface area contributed by atoms with Crippen molar-refractivity contribution < 1.29 is 15.0 Å². The Morgan fingerprint density at radius 1 is 0.939 bits per heavy atom. The van der Waals surface area contributed by atoms with Gasteiger partial charge in [0.1, 0.15) is 0 Å². The van der Waals surface area contributed by atoms with Crippen molar-refractivity contribution in [2.45, 2.75) is 112 Å². The molecule has 10 atom stereocenters. The summed E-state index contributed by atoms with van der Waals surface area (Å²) in [6, 6.07) is 0. The minimum Gasteiger partial charge on any atom is -0.550 e. The summed E-state index contributed by atoms with van der Waals surface area (Å²) < 4.78 is 0. The van der Waals surface area contributed by atoms with Gasteiger partial charge in [0.05, 0.1) is 6.10 Å². The molecule has 0 aliphatic heterocycles. The van der Waals surface area contributed by atoms with Crippen LogP contribution in [-0.4, -0.2) is 17.2 Å². The maximum atomic E-state index is 12.7. The number of hydrogen-bond donors (Lipinski definition) is 1. The molecule has 0 heterocycles. The minimum absolute atomic E-state index is 0.0385. The van der Waals surface area contributed by atoms with Crippen LogP contribution in [0.15, 0.2) is 11.6 Å². The fourth-order valence-electron chi connectivity index (χ4n) is 10.8. The maximum Gasteiger partial charge on any atom is 0.0594 e. The van der Waals surface area contributed by atoms with E-state index in [1.54, 1.807) is 0 Å². The van der Waals surface area contributed by atoms with Crippen LogP contribution in [0.25, 0.3) is 0 Å². The summed E-state index contributed by atoms with van der Waals surface area (Å²) in [6.07, 6.45) is 11.3. The second-order valence-corrected chi connectivity index (χ2v) is 14.5. The summed E-state index contributed by atoms with van der Waals surface area (Å²) in [7, 11) is 0. The molecule has 3 heteroatoms. The van der Waals surface area contributed by atoms with Gasteiger partial charge in [0.15, 0.2) is 0 Å². The lowest BCUT2D eigenvalue weighted by atomic mass is 9.33. The van der Waals surface area contributed by atoms with Crippen molar-refractivity contribution >= 4 is 5.97 Å². The highest BCUT2D eigenvalue weighted by molar-refractivity contribution is 5.74. The van der Waals surface area contributed by atoms with Crippen LogP contribution in [0.3, 0.4) is 0 Å². The van der Waals surface area contributed by atoms with Gasteiger partial charge in [0.2, 0.25) is 0 Å². The molecule has 4 fully saturated rings. The number of fused-ring (bicyclic) bond motifs is 7. The SMILES string of the molecule is C[C@H]1[C@H](C)CC[C@]2(C(=O)[O-])CC[C@]3(C)C(=CC[C@@H]4[C@@]5(C)CC[C@H](O)C(C)(C)C5CC[C@]43C)[C@H]12. The highest BCUT2D eigenvalue weighted by atomic mass is 16.4. The van der Waals surface area contributed by atoms with Gasteiger partial charge >= 0.3 is 0 Å². The molecule has 0 spiro atoms. The van der Waals surface area contributed by atoms with Gasteiger partial charge in [-0.15, -0.1) is 0 Å². The summed E-state index contributed by atoms with van der Waals surface area (Å²) in [6.45, 7) is 16.8. The van der Waals surface area contributed by atoms with Crippen molar-refractivity contribution in [3.63, 3.8) is 0 Å². The normalized spacial score (nSPS) is 55.3. The van der Waals surface area contributed by atoms with Crippen molar-refractivity contribution in [1.82, 2.24) is 0 Å². The van der Waals surface area contributed by atoms with E-state index in [0.717, 1.165) is 44.9 Å². The number of carbonyl (C=O) groups excluding carboxylic acids is 1. The number of rotatable bonds is 1. The molecule has 4 saturated carbocycles. The predicted molar refractivity (Wildman–Crippen MR) is 130 cm³/mol. The molecule has 0 aromatic rings. The molecule has 33 heavy (non-hydrogen) atoms. The zero-order valence-electron chi connectivity index (χ0n) is 22.2. The van der Waals surface area contributed by atoms with Gasteiger partial charge in [-0.3, -0.25) is 0 Å². The lowest BCUT2D eigenvalue weighted by molar-refractivity contribution is -0.327. The van der Waals surface area contributed by atoms with Crippen LogP contribution in [0.1, 0.15) is 106 Å². The van der Waals surface area contributed by atoms with Gasteiger partial charge in [-0.1, -0.05) is 60.1 Å². The van der Waals surface area contributed by atoms with E-state index in [-0.39, 0.29) is 33.7 Å². The van der Waals surface area contributed by atoms with Gasteiger partial charge in [-0.2, -0.15) is 0 Å². The van der Waals surface area contributed by atoms with Crippen molar-refractivity contribution in [2.24, 2.45) is 56.7 Å². The lowest BCUT2D eigenvalue weighted by Crippen LogP contribution is -2.66. The van der Waals surface area contributed by atoms with E-state index in [9.17, 15) is 15.0 Å². The molecule has 0 bridgehead atoms. The van der Waals surface area contributed by atoms with E-state index in [2.05, 4.69) is 54.5 Å². The fourth-order valence-corrected chi connectivity index (χ4v) is 10.8. The first-order valence-corrected chi connectivity index (χ1v) is 13.9. The molecule has 0 radical (unpaired) electrons. The Morgan fingerprint density at radius 3 is 2.30 bits per heavy atom. The van der Waals surface area contributed by atoms with Crippen LogP contribution in [0.2, 0.25) is 0 Å². The third-order valence-corrected chi connectivity index (χ3v) is 13.4. The second kappa shape index (κ2) is 7.11. The fraction of sp³-hybridized carbons (Fsp3) is 0.900. The molecule has 1 unspecified atom stereocenters. The molecular weight excluding hydrogens is 408 g/mol. The van der Waals surface area contributed by atoms with E-state index in [1.807, 2.05) is 0 Å². The Balaban J connectivity index is 1.61. The van der Waals surface area contributed by atoms with Gasteiger partial charge in [0, 0.05) is 11.4 Å². The van der Waals surface area contributed by atoms with Crippen LogP contribution in [0, 0.1) is 56.7 Å². The van der Waals surface area contributed by atoms with E-state index >= 15 is 0 Å². The molecule has 3 nitrogen and oxygen atoms in total. The Hall–Kier alpha value is -0.830. The summed E-state index contributed by atoms with van der Waals surface area (Å²) in [4.78, 5) is 12.7. The molecule has 0 saturated heterocycles. The average molecular weight is 456 g/mol. The predicted octanol–water partition coefficient (Wildman–Crippen LogP) is 5.75. The number of allylic oxidation sites excluding steroid dienone is 2. The minimum atomic E-state index is -0.792. The molecule has 0 amide bonds. The third kappa shape index (κ3) is 2.75. The topological polar surface area (TPSA) is 60.4 Å². The first kappa shape index (κ1) is 23.9. The van der Waals surface area contributed by atoms with Crippen LogP contribution < -0.4 is 5.11 Å². The Morgan fingerprint density at radius 2 is 1.64 bits per heavy atom. The molecule has 5 aliphatic carbocycles. The number of carbonyl (C=O) groups is 1. The van der Waals surface area contributed by atoms with Crippen LogP contribution in [0.5, 0.6) is 0 Å². The summed E-state index contributed by atoms with van der Waals surface area (Å²) in [5.41, 5.74) is 1.24. The average Bonchev–Trinajstić information content (AvgIpc) is 2.74. The Labute approximate surface area is 201 Å². The van der Waals surface area contributed by atoms with Gasteiger partial charge in [-0.05, 0) is 109 Å². The van der Waals surface area contributed by atoms with Crippen LogP contribution in [-0.2, 0) is 4.79 Å². The quantitative estimate of drug-likeness (QED) is 0.512. The zero-order chi connectivity index (χ0) is 24.2. The van der Waals surface area contributed by atoms with Crippen molar-refractivity contribution in [1.29, 1.82) is 0 Å². The molecule has 1 N–H and O–H groups in total. The number of hydrogen-bond acceptors (Lipinski definition) is 3. The first-order valence-electron chi connectivity index (χ1n) is 13.9. The highest BCUT2D eigenvalue weighted by Gasteiger charge is 2.68. The summed E-state index contributed by atoms with van der Waals surface area (Å²) in [5, 5.41) is 23.6. The molecule has 0 aromatic heterocycles. The van der Waals surface area contributed by atoms with Crippen molar-refractivity contribution in [3.05, 3.63) is 11.6 Å². The van der Waals surface area contributed by atoms with Gasteiger partial charge < -0.3 is 15.0 Å². The monoisotopic (exact) mass is 455 g/mol. The van der Waals surface area contributed by atoms with E-state index in [1.165, 1.54) is 18.4 Å². The number of carboxylic acids is 1. The first-order chi connectivity index (χ1) is 15.3. The molecule has 5 rings (SSSR count). The number of aliphatic hydroxyl groups excluding tert-OH is 1. The van der Waals surface area contributed by atoms with Crippen LogP contribution >= 0.6 is 0 Å². The smallest absolute Gasteiger partial charge is 0.0594 e. The standard InChI is InChI=1S/C30H48O3/c1-18-10-15-30(25(32)33)17-16-28(6)20(24(30)19(18)2)8-9-22-27(5)13-12-23(31)26(3,4)21(27)11-14-29(22,28)7/h8,18-19,21-24,31H,9-17H2,1-7H3,(H,32,33)/p-1/t18-,19+,21?,22-,23+,24+,27+,28-,29-,30+/m1/s1.